The summed E-state index contributed by atoms with van der Waals surface area (Å²) in [4.78, 5) is 81.5. The number of carbonyl (C=O) groups excluding carboxylic acids is 4. The lowest BCUT2D eigenvalue weighted by Gasteiger charge is -2.40. The molecule has 3 aromatic carbocycles. The topological polar surface area (TPSA) is 169 Å². The summed E-state index contributed by atoms with van der Waals surface area (Å²) in [5.41, 5.74) is 9.53. The van der Waals surface area contributed by atoms with Gasteiger partial charge in [0.25, 0.3) is 0 Å². The fraction of sp³-hybridized carbons (Fsp3) is 0.436. The Morgan fingerprint density at radius 3 is 2.22 bits per heavy atom. The highest BCUT2D eigenvalue weighted by Crippen LogP contribution is 2.40. The number of hydrogen-bond acceptors (Lipinski definition) is 14. The molecule has 1 N–H and O–H groups in total. The lowest BCUT2D eigenvalue weighted by atomic mass is 9.94. The fourth-order valence-electron chi connectivity index (χ4n) is 10.6. The normalized spacial score (nSPS) is 17.5. The number of piperidine rings is 1. The van der Waals surface area contributed by atoms with Gasteiger partial charge in [-0.15, -0.1) is 0 Å². The number of aromatic nitrogens is 3. The third-order valence-corrected chi connectivity index (χ3v) is 14.5. The van der Waals surface area contributed by atoms with Gasteiger partial charge in [-0.25, -0.2) is 24.5 Å². The van der Waals surface area contributed by atoms with Crippen LogP contribution in [0.2, 0.25) is 0 Å². The van der Waals surface area contributed by atoms with Gasteiger partial charge in [0.2, 0.25) is 23.6 Å². The number of pyridine rings is 1. The van der Waals surface area contributed by atoms with Crippen LogP contribution in [0.4, 0.5) is 49.7 Å². The zero-order valence-corrected chi connectivity index (χ0v) is 42.7. The van der Waals surface area contributed by atoms with E-state index in [2.05, 4.69) is 48.2 Å². The molecule has 0 bridgehead atoms. The number of hydrogen-bond donors (Lipinski definition) is 1. The summed E-state index contributed by atoms with van der Waals surface area (Å²) in [5.74, 6) is 1.72. The number of nitrogens with one attached hydrogen (secondary N) is 1. The molecule has 5 aliphatic heterocycles. The maximum absolute atomic E-state index is 13.8. The van der Waals surface area contributed by atoms with Crippen LogP contribution in [-0.4, -0.2) is 127 Å². The molecule has 10 rings (SSSR count). The van der Waals surface area contributed by atoms with Crippen molar-refractivity contribution in [1.82, 2.24) is 24.8 Å². The van der Waals surface area contributed by atoms with Crippen molar-refractivity contribution in [2.75, 3.05) is 102 Å². The van der Waals surface area contributed by atoms with Crippen LogP contribution >= 0.6 is 0 Å². The van der Waals surface area contributed by atoms with Crippen LogP contribution < -0.4 is 39.3 Å². The fourth-order valence-corrected chi connectivity index (χ4v) is 10.6. The lowest BCUT2D eigenvalue weighted by Crippen LogP contribution is -2.52. The minimum atomic E-state index is -0.630. The van der Waals surface area contributed by atoms with Crippen LogP contribution in [0.3, 0.4) is 0 Å². The molecular weight excluding hydrogens is 927 g/mol. The zero-order valence-electron chi connectivity index (χ0n) is 42.7. The highest BCUT2D eigenvalue weighted by molar-refractivity contribution is 6.06. The third-order valence-electron chi connectivity index (χ3n) is 14.5. The summed E-state index contributed by atoms with van der Waals surface area (Å²) in [7, 11) is 1.60. The van der Waals surface area contributed by atoms with E-state index in [0.717, 1.165) is 114 Å². The molecule has 18 heteroatoms. The van der Waals surface area contributed by atoms with Crippen LogP contribution in [0.5, 0.6) is 11.6 Å². The van der Waals surface area contributed by atoms with E-state index in [1.165, 1.54) is 4.90 Å². The third kappa shape index (κ3) is 10.5. The van der Waals surface area contributed by atoms with Gasteiger partial charge in [0, 0.05) is 99.2 Å². The van der Waals surface area contributed by atoms with Crippen LogP contribution in [0, 0.1) is 19.8 Å². The van der Waals surface area contributed by atoms with Crippen molar-refractivity contribution >= 4 is 64.0 Å². The SMILES string of the molecule is COc1ccc(CN2C(=O)CCN(c3ccc(N4CCN(C(=O)C5CCN(c6ccc(Nc7ncc8c(n7)CN(c7cnc9c(c7C)N(C(=O)OC(C)(C)C)CCO9)CC8)cc6)CC5)CC4)cc3C)C2=O)cc1. The van der Waals surface area contributed by atoms with Gasteiger partial charge < -0.3 is 39.1 Å². The second-order valence-corrected chi connectivity index (χ2v) is 20.5. The van der Waals surface area contributed by atoms with Crippen LogP contribution in [0.25, 0.3) is 0 Å². The lowest BCUT2D eigenvalue weighted by molar-refractivity contribution is -0.136. The average Bonchev–Trinajstić information content (AvgIpc) is 3.39. The summed E-state index contributed by atoms with van der Waals surface area (Å²) in [6.07, 6.45) is 5.94. The zero-order chi connectivity index (χ0) is 51.0. The first-order valence-electron chi connectivity index (χ1n) is 25.4. The van der Waals surface area contributed by atoms with Crippen molar-refractivity contribution in [3.05, 3.63) is 107 Å². The van der Waals surface area contributed by atoms with Gasteiger partial charge in [-0.2, -0.15) is 0 Å². The molecule has 0 saturated carbocycles. The van der Waals surface area contributed by atoms with Crippen molar-refractivity contribution in [2.24, 2.45) is 5.92 Å². The number of carbonyl (C=O) groups is 4. The van der Waals surface area contributed by atoms with E-state index in [0.29, 0.717) is 56.8 Å². The number of nitrogens with zero attached hydrogens (tertiary/aromatic N) is 10. The number of methoxy groups -OCH3 is 1. The molecule has 0 atom stereocenters. The summed E-state index contributed by atoms with van der Waals surface area (Å²) in [5, 5.41) is 3.40. The molecule has 73 heavy (non-hydrogen) atoms. The number of imide groups is 1. The summed E-state index contributed by atoms with van der Waals surface area (Å²) < 4.78 is 16.9. The molecule has 5 amide bonds. The second kappa shape index (κ2) is 20.5. The molecule has 5 aliphatic rings. The summed E-state index contributed by atoms with van der Waals surface area (Å²) >= 11 is 0. The molecule has 3 saturated heterocycles. The highest BCUT2D eigenvalue weighted by Gasteiger charge is 2.36. The first-order chi connectivity index (χ1) is 35.2. The van der Waals surface area contributed by atoms with E-state index >= 15 is 0 Å². The van der Waals surface area contributed by atoms with Gasteiger partial charge in [-0.05, 0) is 125 Å². The molecule has 2 aromatic heterocycles. The molecule has 0 unspecified atom stereocenters. The van der Waals surface area contributed by atoms with Crippen molar-refractivity contribution in [3.8, 4) is 11.6 Å². The largest absolute Gasteiger partial charge is 0.497 e. The maximum Gasteiger partial charge on any atom is 0.415 e. The molecule has 18 nitrogen and oxygen atoms in total. The van der Waals surface area contributed by atoms with E-state index in [1.807, 2.05) is 100 Å². The first kappa shape index (κ1) is 49.0. The number of anilines is 7. The Morgan fingerprint density at radius 1 is 0.781 bits per heavy atom. The number of aryl methyl sites for hydroxylation is 1. The Hall–Kier alpha value is -7.63. The van der Waals surface area contributed by atoms with Gasteiger partial charge in [0.05, 0.1) is 44.3 Å². The smallest absolute Gasteiger partial charge is 0.415 e. The van der Waals surface area contributed by atoms with Gasteiger partial charge in [-0.1, -0.05) is 12.1 Å². The Bertz CT molecular complexity index is 2870. The highest BCUT2D eigenvalue weighted by atomic mass is 16.6. The number of piperazine rings is 1. The Kier molecular flexibility index (Phi) is 13.7. The van der Waals surface area contributed by atoms with Crippen molar-refractivity contribution in [3.63, 3.8) is 0 Å². The Labute approximate surface area is 426 Å². The molecule has 5 aromatic rings. The van der Waals surface area contributed by atoms with Crippen LogP contribution in [-0.2, 0) is 33.8 Å². The summed E-state index contributed by atoms with van der Waals surface area (Å²) in [6, 6.07) is 21.5. The molecule has 0 spiro atoms. The quantitative estimate of drug-likeness (QED) is 0.144. The first-order valence-corrected chi connectivity index (χ1v) is 25.4. The number of amides is 5. The Morgan fingerprint density at radius 2 is 1.51 bits per heavy atom. The van der Waals surface area contributed by atoms with E-state index in [9.17, 15) is 19.2 Å². The molecule has 0 aliphatic carbocycles. The van der Waals surface area contributed by atoms with Gasteiger partial charge in [0.1, 0.15) is 23.6 Å². The number of rotatable bonds is 10. The number of ether oxygens (including phenoxy) is 3. The Balaban J connectivity index is 0.694. The van der Waals surface area contributed by atoms with Gasteiger partial charge in [-0.3, -0.25) is 24.3 Å². The molecule has 3 fully saturated rings. The van der Waals surface area contributed by atoms with Crippen molar-refractivity contribution in [2.45, 2.75) is 79.0 Å². The molecular formula is C55H65N11O7. The van der Waals surface area contributed by atoms with Crippen molar-refractivity contribution < 1.29 is 33.4 Å². The summed E-state index contributed by atoms with van der Waals surface area (Å²) in [6.45, 7) is 16.5. The second-order valence-electron chi connectivity index (χ2n) is 20.5. The number of urea groups is 1. The van der Waals surface area contributed by atoms with Gasteiger partial charge in [0.15, 0.2) is 0 Å². The van der Waals surface area contributed by atoms with E-state index in [-0.39, 0.29) is 36.7 Å². The molecule has 7 heterocycles. The van der Waals surface area contributed by atoms with Crippen molar-refractivity contribution in [1.29, 1.82) is 0 Å². The number of fused-ring (bicyclic) bond motifs is 2. The average molecular weight is 992 g/mol. The monoisotopic (exact) mass is 992 g/mol. The predicted molar refractivity (Wildman–Crippen MR) is 280 cm³/mol. The van der Waals surface area contributed by atoms with Gasteiger partial charge >= 0.3 is 12.1 Å². The number of benzene rings is 3. The van der Waals surface area contributed by atoms with Crippen LogP contribution in [0.1, 0.15) is 68.0 Å². The minimum Gasteiger partial charge on any atom is -0.497 e. The van der Waals surface area contributed by atoms with Crippen LogP contribution in [0.15, 0.2) is 79.1 Å². The molecule has 382 valence electrons. The maximum atomic E-state index is 13.8. The van der Waals surface area contributed by atoms with E-state index in [1.54, 1.807) is 16.9 Å². The minimum absolute atomic E-state index is 0.00559. The standard InChI is InChI=1S/C55H65N11O7/c1-36-31-43(13-16-46(36)64-24-20-48(67)66(53(64)69)34-38-7-14-44(71-6)15-8-38)61-25-27-62(28-26-61)51(68)39-17-21-60(22-18-39)42-11-9-41(10-12-42)58-52-57-32-40-19-23-63(35-45(40)59-52)47-33-56-50-49(37(47)2)65(29-30-72-50)54(70)73-55(3,4)5/h7-16,31-33,39H,17-30,34-35H2,1-6H3,(H,57,58,59). The predicted octanol–water partition coefficient (Wildman–Crippen LogP) is 7.86. The van der Waals surface area contributed by atoms with E-state index in [4.69, 9.17) is 19.2 Å². The molecule has 0 radical (unpaired) electrons. The van der Waals surface area contributed by atoms with E-state index < -0.39 is 11.7 Å².